The summed E-state index contributed by atoms with van der Waals surface area (Å²) < 4.78 is 11.2. The summed E-state index contributed by atoms with van der Waals surface area (Å²) in [7, 11) is 0. The summed E-state index contributed by atoms with van der Waals surface area (Å²) in [5, 5.41) is 41.0. The summed E-state index contributed by atoms with van der Waals surface area (Å²) in [6, 6.07) is 13.5. The van der Waals surface area contributed by atoms with Gasteiger partial charge < -0.3 is 29.9 Å². The largest absolute Gasteiger partial charge is 0.488 e. The second-order valence-electron chi connectivity index (χ2n) is 8.53. The molecule has 1 heterocycles. The van der Waals surface area contributed by atoms with Gasteiger partial charge in [-0.1, -0.05) is 35.9 Å². The molecule has 0 amide bonds. The normalized spacial score (nSPS) is 31.0. The molecule has 2 aromatic rings. The molecule has 0 unspecified atom stereocenters. The Morgan fingerprint density at radius 3 is 2.45 bits per heavy atom. The molecule has 31 heavy (non-hydrogen) atoms. The van der Waals surface area contributed by atoms with E-state index in [4.69, 9.17) is 21.1 Å². The van der Waals surface area contributed by atoms with Crippen LogP contribution in [-0.4, -0.2) is 64.7 Å². The number of benzene rings is 2. The van der Waals surface area contributed by atoms with Gasteiger partial charge in [-0.2, -0.15) is 0 Å². The van der Waals surface area contributed by atoms with E-state index in [-0.39, 0.29) is 12.7 Å². The van der Waals surface area contributed by atoms with Crippen molar-refractivity contribution in [1.29, 1.82) is 0 Å². The van der Waals surface area contributed by atoms with Crippen LogP contribution in [0.4, 0.5) is 0 Å². The van der Waals surface area contributed by atoms with Gasteiger partial charge in [0.05, 0.1) is 25.4 Å². The Morgan fingerprint density at radius 2 is 1.77 bits per heavy atom. The van der Waals surface area contributed by atoms with Crippen LogP contribution in [0.1, 0.15) is 35.4 Å². The molecule has 0 bridgehead atoms. The van der Waals surface area contributed by atoms with E-state index < -0.39 is 30.1 Å². The maximum Gasteiger partial charge on any atom is 0.124 e. The third kappa shape index (κ3) is 5.06. The monoisotopic (exact) mass is 448 g/mol. The first-order valence-corrected chi connectivity index (χ1v) is 11.1. The fraction of sp³-hybridized carbons (Fsp3) is 0.500. The van der Waals surface area contributed by atoms with Crippen molar-refractivity contribution in [3.05, 3.63) is 64.2 Å². The number of rotatable bonds is 6. The van der Waals surface area contributed by atoms with Gasteiger partial charge in [-0.25, -0.2) is 0 Å². The van der Waals surface area contributed by atoms with Crippen molar-refractivity contribution >= 4 is 11.6 Å². The lowest BCUT2D eigenvalue weighted by Crippen LogP contribution is -2.51. The lowest BCUT2D eigenvalue weighted by atomic mass is 9.73. The van der Waals surface area contributed by atoms with Crippen molar-refractivity contribution in [3.63, 3.8) is 0 Å². The first kappa shape index (κ1) is 22.5. The molecule has 0 spiro atoms. The topological polar surface area (TPSA) is 99.4 Å². The molecule has 7 heteroatoms. The summed E-state index contributed by atoms with van der Waals surface area (Å²) in [4.78, 5) is 0. The summed E-state index contributed by atoms with van der Waals surface area (Å²) in [5.74, 6) is -0.0664. The minimum atomic E-state index is -1.30. The molecule has 2 aromatic carbocycles. The van der Waals surface area contributed by atoms with E-state index in [1.807, 2.05) is 36.4 Å². The summed E-state index contributed by atoms with van der Waals surface area (Å²) in [5.41, 5.74) is 2.81. The molecule has 2 aliphatic rings. The van der Waals surface area contributed by atoms with Gasteiger partial charge in [-0.3, -0.25) is 0 Å². The van der Waals surface area contributed by atoms with Gasteiger partial charge in [0, 0.05) is 29.9 Å². The fourth-order valence-corrected chi connectivity index (χ4v) is 4.69. The molecule has 1 saturated heterocycles. The second kappa shape index (κ2) is 9.86. The minimum Gasteiger partial charge on any atom is -0.488 e. The van der Waals surface area contributed by atoms with E-state index in [1.54, 1.807) is 6.07 Å². The molecule has 1 aliphatic heterocycles. The lowest BCUT2D eigenvalue weighted by molar-refractivity contribution is -0.127. The lowest BCUT2D eigenvalue weighted by Gasteiger charge is -2.40. The summed E-state index contributed by atoms with van der Waals surface area (Å²) >= 11 is 6.44. The number of aliphatic hydroxyl groups excluding tert-OH is 4. The van der Waals surface area contributed by atoms with Gasteiger partial charge in [0.2, 0.25) is 0 Å². The highest BCUT2D eigenvalue weighted by molar-refractivity contribution is 6.31. The standard InChI is InChI=1S/C24H29ClO6/c25-21-6-3-15(20-11-17(12-26)22(27)24(29)23(20)28)10-16(21)9-14-1-4-18(5-2-14)31-19-7-8-30-13-19/h1-6,10,17,19-20,22-24,26-29H,7-9,11-13H2/t17-,19+,20+,22-,23+,24+/m1/s1. The van der Waals surface area contributed by atoms with Crippen LogP contribution in [0.2, 0.25) is 5.02 Å². The van der Waals surface area contributed by atoms with Crippen molar-refractivity contribution in [2.24, 2.45) is 5.92 Å². The zero-order chi connectivity index (χ0) is 22.0. The molecule has 6 nitrogen and oxygen atoms in total. The Morgan fingerprint density at radius 1 is 1.00 bits per heavy atom. The van der Waals surface area contributed by atoms with Crippen LogP contribution < -0.4 is 4.74 Å². The molecule has 4 rings (SSSR count). The van der Waals surface area contributed by atoms with Crippen LogP contribution in [0.3, 0.4) is 0 Å². The Labute approximate surface area is 187 Å². The maximum atomic E-state index is 10.5. The Bertz CT molecular complexity index is 865. The molecule has 4 N–H and O–H groups in total. The van der Waals surface area contributed by atoms with E-state index in [2.05, 4.69) is 0 Å². The highest BCUT2D eigenvalue weighted by Crippen LogP contribution is 2.38. The quantitative estimate of drug-likeness (QED) is 0.541. The molecule has 0 aromatic heterocycles. The highest BCUT2D eigenvalue weighted by atomic mass is 35.5. The number of hydrogen-bond donors (Lipinski definition) is 4. The van der Waals surface area contributed by atoms with Crippen LogP contribution >= 0.6 is 11.6 Å². The first-order chi connectivity index (χ1) is 15.0. The second-order valence-corrected chi connectivity index (χ2v) is 8.94. The third-order valence-electron chi connectivity index (χ3n) is 6.39. The molecular weight excluding hydrogens is 420 g/mol. The number of aliphatic hydroxyl groups is 4. The van der Waals surface area contributed by atoms with Crippen LogP contribution in [-0.2, 0) is 11.2 Å². The molecule has 0 radical (unpaired) electrons. The van der Waals surface area contributed by atoms with Crippen molar-refractivity contribution in [3.8, 4) is 5.75 Å². The van der Waals surface area contributed by atoms with Crippen LogP contribution in [0.15, 0.2) is 42.5 Å². The van der Waals surface area contributed by atoms with Gasteiger partial charge in [0.25, 0.3) is 0 Å². The SMILES string of the molecule is OC[C@H]1C[C@@H](c2ccc(Cl)c(Cc3ccc(O[C@H]4CCOC4)cc3)c2)[C@H](O)[C@@H](O)[C@@H]1O. The number of halogens is 1. The van der Waals surface area contributed by atoms with Crippen LogP contribution in [0, 0.1) is 5.92 Å². The van der Waals surface area contributed by atoms with Gasteiger partial charge in [-0.15, -0.1) is 0 Å². The van der Waals surface area contributed by atoms with E-state index in [1.165, 1.54) is 0 Å². The number of ether oxygens (including phenoxy) is 2. The van der Waals surface area contributed by atoms with Gasteiger partial charge in [0.15, 0.2) is 0 Å². The van der Waals surface area contributed by atoms with Gasteiger partial charge >= 0.3 is 0 Å². The third-order valence-corrected chi connectivity index (χ3v) is 6.76. The Kier molecular flexibility index (Phi) is 7.16. The molecule has 6 atom stereocenters. The van der Waals surface area contributed by atoms with E-state index >= 15 is 0 Å². The van der Waals surface area contributed by atoms with Crippen LogP contribution in [0.25, 0.3) is 0 Å². The maximum absolute atomic E-state index is 10.5. The highest BCUT2D eigenvalue weighted by Gasteiger charge is 2.42. The zero-order valence-corrected chi connectivity index (χ0v) is 18.0. The van der Waals surface area contributed by atoms with E-state index in [0.29, 0.717) is 24.5 Å². The van der Waals surface area contributed by atoms with Crippen molar-refractivity contribution in [1.82, 2.24) is 0 Å². The van der Waals surface area contributed by atoms with Gasteiger partial charge in [0.1, 0.15) is 18.0 Å². The molecule has 1 aliphatic carbocycles. The summed E-state index contributed by atoms with van der Waals surface area (Å²) in [6.45, 7) is 1.12. The molecule has 1 saturated carbocycles. The zero-order valence-electron chi connectivity index (χ0n) is 17.2. The van der Waals surface area contributed by atoms with Crippen molar-refractivity contribution < 1.29 is 29.9 Å². The molecular formula is C24H29ClO6. The Balaban J connectivity index is 1.49. The molecule has 2 fully saturated rings. The average molecular weight is 449 g/mol. The average Bonchev–Trinajstić information content (AvgIpc) is 3.28. The predicted octanol–water partition coefficient (Wildman–Crippen LogP) is 2.28. The fourth-order valence-electron chi connectivity index (χ4n) is 4.50. The Hall–Kier alpha value is -1.67. The van der Waals surface area contributed by atoms with E-state index in [0.717, 1.165) is 35.5 Å². The van der Waals surface area contributed by atoms with Gasteiger partial charge in [-0.05, 0) is 47.7 Å². The van der Waals surface area contributed by atoms with E-state index in [9.17, 15) is 20.4 Å². The van der Waals surface area contributed by atoms with Crippen molar-refractivity contribution in [2.45, 2.75) is 49.6 Å². The van der Waals surface area contributed by atoms with Crippen molar-refractivity contribution in [2.75, 3.05) is 19.8 Å². The minimum absolute atomic E-state index is 0.107. The summed E-state index contributed by atoms with van der Waals surface area (Å²) in [6.07, 6.45) is -1.55. The number of hydrogen-bond acceptors (Lipinski definition) is 6. The molecule has 168 valence electrons. The first-order valence-electron chi connectivity index (χ1n) is 10.7. The predicted molar refractivity (Wildman–Crippen MR) is 117 cm³/mol. The van der Waals surface area contributed by atoms with Crippen LogP contribution in [0.5, 0.6) is 5.75 Å². The smallest absolute Gasteiger partial charge is 0.124 e.